The van der Waals surface area contributed by atoms with E-state index >= 15 is 0 Å². The molecule has 1 aliphatic heterocycles. The lowest BCUT2D eigenvalue weighted by Crippen LogP contribution is -2.45. The summed E-state index contributed by atoms with van der Waals surface area (Å²) in [5.41, 5.74) is 0. The first-order valence-corrected chi connectivity index (χ1v) is 9.83. The van der Waals surface area contributed by atoms with Gasteiger partial charge in [-0.15, -0.1) is 0 Å². The van der Waals surface area contributed by atoms with Gasteiger partial charge in [-0.25, -0.2) is 4.72 Å². The average molecular weight is 388 g/mol. The van der Waals surface area contributed by atoms with Crippen LogP contribution in [0.3, 0.4) is 0 Å². The Kier molecular flexibility index (Phi) is 8.06. The van der Waals surface area contributed by atoms with E-state index in [1.165, 1.54) is 17.3 Å². The fourth-order valence-corrected chi connectivity index (χ4v) is 4.17. The van der Waals surface area contributed by atoms with E-state index in [9.17, 15) is 8.42 Å². The first-order valence-electron chi connectivity index (χ1n) is 6.87. The number of nitrogens with one attached hydrogen (secondary N) is 1. The molecule has 1 aliphatic rings. The zero-order chi connectivity index (χ0) is 13.4. The normalized spacial score (nSPS) is 22.2. The molecule has 1 atom stereocenters. The fourth-order valence-electron chi connectivity index (χ4n) is 2.23. The van der Waals surface area contributed by atoms with Crippen molar-refractivity contribution in [2.75, 3.05) is 24.1 Å². The smallest absolute Gasteiger partial charge is 0.202 e. The van der Waals surface area contributed by atoms with Crippen molar-refractivity contribution in [2.24, 2.45) is 5.92 Å². The minimum Gasteiger partial charge on any atom is -0.202 e. The van der Waals surface area contributed by atoms with Crippen molar-refractivity contribution in [1.82, 2.24) is 9.03 Å². The van der Waals surface area contributed by atoms with E-state index in [4.69, 9.17) is 0 Å². The van der Waals surface area contributed by atoms with E-state index in [2.05, 4.69) is 34.2 Å². The summed E-state index contributed by atoms with van der Waals surface area (Å²) in [6.45, 7) is 4.04. The van der Waals surface area contributed by atoms with Crippen LogP contribution >= 0.6 is 22.6 Å². The maximum atomic E-state index is 12.0. The van der Waals surface area contributed by atoms with Gasteiger partial charge < -0.3 is 0 Å². The highest BCUT2D eigenvalue weighted by molar-refractivity contribution is 14.1. The van der Waals surface area contributed by atoms with Crippen LogP contribution in [0.1, 0.15) is 45.4 Å². The van der Waals surface area contributed by atoms with Crippen molar-refractivity contribution in [3.05, 3.63) is 0 Å². The number of hydrogen-bond donors (Lipinski definition) is 1. The number of piperidine rings is 1. The summed E-state index contributed by atoms with van der Waals surface area (Å²) in [5.74, 6) is 0.485. The molecule has 0 saturated carbocycles. The maximum absolute atomic E-state index is 12.0. The molecular formula is C12H25IN2O2S. The van der Waals surface area contributed by atoms with E-state index in [1.54, 1.807) is 4.31 Å². The van der Waals surface area contributed by atoms with Gasteiger partial charge in [0, 0.05) is 19.6 Å². The van der Waals surface area contributed by atoms with Gasteiger partial charge in [-0.3, -0.25) is 0 Å². The maximum Gasteiger partial charge on any atom is 0.279 e. The summed E-state index contributed by atoms with van der Waals surface area (Å²) in [4.78, 5) is 0. The first kappa shape index (κ1) is 16.7. The molecule has 6 heteroatoms. The predicted octanol–water partition coefficient (Wildman–Crippen LogP) is 2.55. The highest BCUT2D eigenvalue weighted by Crippen LogP contribution is 2.17. The fraction of sp³-hybridized carbons (Fsp3) is 1.00. The van der Waals surface area contributed by atoms with E-state index in [0.717, 1.165) is 25.7 Å². The second-order valence-electron chi connectivity index (χ2n) is 5.11. The van der Waals surface area contributed by atoms with Crippen LogP contribution in [-0.4, -0.2) is 36.8 Å². The number of halogens is 1. The van der Waals surface area contributed by atoms with Crippen molar-refractivity contribution in [2.45, 2.75) is 45.4 Å². The zero-order valence-corrected chi connectivity index (χ0v) is 14.2. The molecule has 0 amide bonds. The summed E-state index contributed by atoms with van der Waals surface area (Å²) in [7, 11) is -3.23. The summed E-state index contributed by atoms with van der Waals surface area (Å²) in [6.07, 6.45) is 6.61. The predicted molar refractivity (Wildman–Crippen MR) is 84.2 cm³/mol. The van der Waals surface area contributed by atoms with Crippen LogP contribution in [0, 0.1) is 5.92 Å². The van der Waals surface area contributed by atoms with Crippen LogP contribution in [0.2, 0.25) is 0 Å². The second-order valence-corrected chi connectivity index (χ2v) is 7.94. The van der Waals surface area contributed by atoms with Crippen LogP contribution in [0.5, 0.6) is 0 Å². The van der Waals surface area contributed by atoms with Crippen LogP contribution in [0.25, 0.3) is 0 Å². The Bertz CT molecular complexity index is 322. The molecular weight excluding hydrogens is 363 g/mol. The van der Waals surface area contributed by atoms with Crippen molar-refractivity contribution in [3.8, 4) is 0 Å². The Morgan fingerprint density at radius 3 is 2.67 bits per heavy atom. The number of alkyl halides is 1. The van der Waals surface area contributed by atoms with Crippen LogP contribution in [0.4, 0.5) is 0 Å². The van der Waals surface area contributed by atoms with Gasteiger partial charge in [-0.2, -0.15) is 12.7 Å². The third-order valence-electron chi connectivity index (χ3n) is 3.30. The molecule has 0 aromatic rings. The van der Waals surface area contributed by atoms with Gasteiger partial charge in [0.2, 0.25) is 0 Å². The van der Waals surface area contributed by atoms with Crippen molar-refractivity contribution < 1.29 is 8.42 Å². The number of hydrogen-bond acceptors (Lipinski definition) is 2. The topological polar surface area (TPSA) is 49.4 Å². The zero-order valence-electron chi connectivity index (χ0n) is 11.2. The lowest BCUT2D eigenvalue weighted by Gasteiger charge is -2.29. The number of rotatable bonds is 8. The Labute approximate surface area is 125 Å². The molecule has 1 rings (SSSR count). The third kappa shape index (κ3) is 6.16. The van der Waals surface area contributed by atoms with Gasteiger partial charge in [0.15, 0.2) is 0 Å². The summed E-state index contributed by atoms with van der Waals surface area (Å²) in [5, 5.41) is 0. The molecule has 1 saturated heterocycles. The highest BCUT2D eigenvalue weighted by atomic mass is 127. The SMILES string of the molecule is CC1CCCN(S(=O)(=O)NCCCCCCI)C1. The van der Waals surface area contributed by atoms with Gasteiger partial charge in [0.1, 0.15) is 0 Å². The Balaban J connectivity index is 2.22. The molecule has 0 aromatic heterocycles. The van der Waals surface area contributed by atoms with E-state index in [-0.39, 0.29) is 0 Å². The molecule has 0 bridgehead atoms. The highest BCUT2D eigenvalue weighted by Gasteiger charge is 2.26. The lowest BCUT2D eigenvalue weighted by atomic mass is 10.0. The van der Waals surface area contributed by atoms with Gasteiger partial charge in [0.25, 0.3) is 10.2 Å². The van der Waals surface area contributed by atoms with Gasteiger partial charge in [-0.1, -0.05) is 42.4 Å². The Hall–Kier alpha value is 0.600. The molecule has 0 spiro atoms. The molecule has 1 fully saturated rings. The van der Waals surface area contributed by atoms with Crippen molar-refractivity contribution >= 4 is 32.8 Å². The Morgan fingerprint density at radius 2 is 2.00 bits per heavy atom. The van der Waals surface area contributed by atoms with Crippen LogP contribution in [0.15, 0.2) is 0 Å². The molecule has 4 nitrogen and oxygen atoms in total. The largest absolute Gasteiger partial charge is 0.279 e. The molecule has 1 unspecified atom stereocenters. The molecule has 1 N–H and O–H groups in total. The summed E-state index contributed by atoms with van der Waals surface area (Å²) < 4.78 is 29.6. The number of unbranched alkanes of at least 4 members (excludes halogenated alkanes) is 3. The van der Waals surface area contributed by atoms with Crippen molar-refractivity contribution in [1.29, 1.82) is 0 Å². The molecule has 0 aromatic carbocycles. The lowest BCUT2D eigenvalue weighted by molar-refractivity contribution is 0.278. The minimum atomic E-state index is -3.23. The number of nitrogens with zero attached hydrogens (tertiary/aromatic N) is 1. The van der Waals surface area contributed by atoms with E-state index in [1.807, 2.05) is 0 Å². The van der Waals surface area contributed by atoms with Gasteiger partial charge >= 0.3 is 0 Å². The van der Waals surface area contributed by atoms with Gasteiger partial charge in [0.05, 0.1) is 0 Å². The Morgan fingerprint density at radius 1 is 1.28 bits per heavy atom. The van der Waals surface area contributed by atoms with Gasteiger partial charge in [-0.05, 0) is 36.0 Å². The standard InChI is InChI=1S/C12H25IN2O2S/c1-12-7-6-10-15(11-12)18(16,17)14-9-5-3-2-4-8-13/h12,14H,2-11H2,1H3. The van der Waals surface area contributed by atoms with E-state index in [0.29, 0.717) is 25.6 Å². The molecule has 0 radical (unpaired) electrons. The minimum absolute atomic E-state index is 0.485. The van der Waals surface area contributed by atoms with Crippen LogP contribution in [-0.2, 0) is 10.2 Å². The first-order chi connectivity index (χ1) is 8.56. The van der Waals surface area contributed by atoms with Crippen LogP contribution < -0.4 is 4.72 Å². The molecule has 1 heterocycles. The van der Waals surface area contributed by atoms with Crippen molar-refractivity contribution in [3.63, 3.8) is 0 Å². The molecule has 108 valence electrons. The molecule has 0 aliphatic carbocycles. The molecule has 18 heavy (non-hydrogen) atoms. The second kappa shape index (κ2) is 8.71. The monoisotopic (exact) mass is 388 g/mol. The van der Waals surface area contributed by atoms with E-state index < -0.39 is 10.2 Å². The third-order valence-corrected chi connectivity index (χ3v) is 5.65. The summed E-state index contributed by atoms with van der Waals surface area (Å²) in [6, 6.07) is 0. The quantitative estimate of drug-likeness (QED) is 0.395. The average Bonchev–Trinajstić information content (AvgIpc) is 2.33. The summed E-state index contributed by atoms with van der Waals surface area (Å²) >= 11 is 2.37.